The predicted octanol–water partition coefficient (Wildman–Crippen LogP) is 3.22. The Morgan fingerprint density at radius 2 is 1.74 bits per heavy atom. The average molecular weight is 433 g/mol. The van der Waals surface area contributed by atoms with Gasteiger partial charge >= 0.3 is 0 Å². The van der Waals surface area contributed by atoms with E-state index in [9.17, 15) is 4.79 Å². The van der Waals surface area contributed by atoms with Crippen LogP contribution in [0.15, 0.2) is 70.7 Å². The Morgan fingerprint density at radius 3 is 2.58 bits per heavy atom. The van der Waals surface area contributed by atoms with Gasteiger partial charge in [-0.15, -0.1) is 10.2 Å². The zero-order valence-corrected chi connectivity index (χ0v) is 18.0. The minimum absolute atomic E-state index is 0.0679. The largest absolute Gasteiger partial charge is 0.300 e. The fourth-order valence-corrected chi connectivity index (χ4v) is 4.77. The van der Waals surface area contributed by atoms with Crippen LogP contribution in [0.3, 0.4) is 0 Å². The van der Waals surface area contributed by atoms with E-state index >= 15 is 0 Å². The molecule has 3 aromatic heterocycles. The summed E-state index contributed by atoms with van der Waals surface area (Å²) in [5, 5.41) is 9.87. The molecule has 1 fully saturated rings. The molecule has 7 nitrogen and oxygen atoms in total. The zero-order chi connectivity index (χ0) is 21.0. The molecular formula is C23H24N6OS. The highest BCUT2D eigenvalue weighted by atomic mass is 32.2. The molecule has 4 heterocycles. The Hall–Kier alpha value is -2.97. The lowest BCUT2D eigenvalue weighted by atomic mass is 10.2. The lowest BCUT2D eigenvalue weighted by Crippen LogP contribution is -2.21. The molecule has 0 amide bonds. The molecule has 0 radical (unpaired) electrons. The molecule has 8 heteroatoms. The van der Waals surface area contributed by atoms with Gasteiger partial charge in [0.1, 0.15) is 11.5 Å². The molecule has 1 aliphatic heterocycles. The van der Waals surface area contributed by atoms with Crippen molar-refractivity contribution in [2.45, 2.75) is 36.8 Å². The third-order valence-corrected chi connectivity index (χ3v) is 6.51. The quantitative estimate of drug-likeness (QED) is 0.418. The molecule has 0 unspecified atom stereocenters. The van der Waals surface area contributed by atoms with Crippen LogP contribution in [-0.4, -0.2) is 42.1 Å². The lowest BCUT2D eigenvalue weighted by molar-refractivity contribution is 0.316. The molecule has 1 aliphatic rings. The third kappa shape index (κ3) is 4.55. The first-order valence-corrected chi connectivity index (χ1v) is 11.5. The second-order valence-electron chi connectivity index (χ2n) is 7.76. The smallest absolute Gasteiger partial charge is 0.258 e. The molecule has 0 spiro atoms. The van der Waals surface area contributed by atoms with Crippen molar-refractivity contribution in [3.8, 4) is 0 Å². The molecule has 0 aliphatic carbocycles. The Kier molecular flexibility index (Phi) is 5.82. The third-order valence-electron chi connectivity index (χ3n) is 5.51. The van der Waals surface area contributed by atoms with Crippen molar-refractivity contribution in [2.75, 3.05) is 13.1 Å². The van der Waals surface area contributed by atoms with Gasteiger partial charge in [0, 0.05) is 18.0 Å². The van der Waals surface area contributed by atoms with Gasteiger partial charge in [0.25, 0.3) is 5.56 Å². The number of benzene rings is 1. The summed E-state index contributed by atoms with van der Waals surface area (Å²) in [5.74, 6) is 1.55. The van der Waals surface area contributed by atoms with Gasteiger partial charge in [0.05, 0.1) is 18.8 Å². The number of likely N-dealkylation sites (tertiary alicyclic amines) is 1. The van der Waals surface area contributed by atoms with Gasteiger partial charge < -0.3 is 4.57 Å². The lowest BCUT2D eigenvalue weighted by Gasteiger charge is -2.16. The van der Waals surface area contributed by atoms with Crippen LogP contribution in [-0.2, 0) is 18.8 Å². The van der Waals surface area contributed by atoms with E-state index in [2.05, 4.69) is 48.9 Å². The molecule has 4 aromatic rings. The predicted molar refractivity (Wildman–Crippen MR) is 121 cm³/mol. The van der Waals surface area contributed by atoms with Crippen molar-refractivity contribution in [1.82, 2.24) is 29.0 Å². The van der Waals surface area contributed by atoms with E-state index in [0.717, 1.165) is 42.9 Å². The van der Waals surface area contributed by atoms with Gasteiger partial charge in [-0.3, -0.25) is 14.1 Å². The molecule has 31 heavy (non-hydrogen) atoms. The summed E-state index contributed by atoms with van der Waals surface area (Å²) in [6, 6.07) is 17.6. The first-order valence-electron chi connectivity index (χ1n) is 10.5. The van der Waals surface area contributed by atoms with Crippen LogP contribution >= 0.6 is 11.8 Å². The van der Waals surface area contributed by atoms with Crippen LogP contribution in [0.2, 0.25) is 0 Å². The summed E-state index contributed by atoms with van der Waals surface area (Å²) >= 11 is 1.58. The Bertz CT molecular complexity index is 1230. The second-order valence-corrected chi connectivity index (χ2v) is 8.70. The molecule has 0 atom stereocenters. The summed E-state index contributed by atoms with van der Waals surface area (Å²) in [6.45, 7) is 3.78. The normalized spacial score (nSPS) is 14.5. The standard InChI is InChI=1S/C23H24N6OS/c30-22-14-19(24-20-10-4-5-13-28(20)22)17-31-23-26-25-21(16-27-11-6-7-12-27)29(23)15-18-8-2-1-3-9-18/h1-5,8-10,13-14H,6-7,11-12,15-17H2. The maximum absolute atomic E-state index is 12.4. The second kappa shape index (κ2) is 9.03. The van der Waals surface area contributed by atoms with Crippen LogP contribution in [0, 0.1) is 0 Å². The number of hydrogen-bond acceptors (Lipinski definition) is 6. The summed E-state index contributed by atoms with van der Waals surface area (Å²) in [6.07, 6.45) is 4.23. The van der Waals surface area contributed by atoms with Gasteiger partial charge in [-0.05, 0) is 43.6 Å². The summed E-state index contributed by atoms with van der Waals surface area (Å²) in [4.78, 5) is 19.5. The molecule has 0 bridgehead atoms. The van der Waals surface area contributed by atoms with Crippen molar-refractivity contribution in [3.05, 3.63) is 88.2 Å². The number of aromatic nitrogens is 5. The van der Waals surface area contributed by atoms with Gasteiger partial charge in [0.15, 0.2) is 5.16 Å². The average Bonchev–Trinajstić information content (AvgIpc) is 3.44. The van der Waals surface area contributed by atoms with Crippen LogP contribution in [0.5, 0.6) is 0 Å². The molecule has 158 valence electrons. The van der Waals surface area contributed by atoms with E-state index in [0.29, 0.717) is 11.4 Å². The van der Waals surface area contributed by atoms with E-state index in [1.54, 1.807) is 28.4 Å². The van der Waals surface area contributed by atoms with E-state index < -0.39 is 0 Å². The van der Waals surface area contributed by atoms with Crippen LogP contribution in [0.4, 0.5) is 0 Å². The van der Waals surface area contributed by atoms with E-state index in [1.165, 1.54) is 18.4 Å². The van der Waals surface area contributed by atoms with Crippen LogP contribution in [0.1, 0.15) is 29.9 Å². The summed E-state index contributed by atoms with van der Waals surface area (Å²) in [5.41, 5.74) is 2.55. The molecule has 1 aromatic carbocycles. The monoisotopic (exact) mass is 432 g/mol. The van der Waals surface area contributed by atoms with E-state index in [1.807, 2.05) is 24.3 Å². The summed E-state index contributed by atoms with van der Waals surface area (Å²) < 4.78 is 3.76. The van der Waals surface area contributed by atoms with Crippen molar-refractivity contribution < 1.29 is 0 Å². The van der Waals surface area contributed by atoms with Gasteiger partial charge in [0.2, 0.25) is 0 Å². The molecule has 0 saturated carbocycles. The number of pyridine rings is 1. The fourth-order valence-electron chi connectivity index (χ4n) is 3.92. The molecule has 0 N–H and O–H groups in total. The van der Waals surface area contributed by atoms with Crippen molar-refractivity contribution in [2.24, 2.45) is 0 Å². The highest BCUT2D eigenvalue weighted by Crippen LogP contribution is 2.23. The van der Waals surface area contributed by atoms with E-state index in [4.69, 9.17) is 0 Å². The highest BCUT2D eigenvalue weighted by molar-refractivity contribution is 7.98. The minimum atomic E-state index is -0.0679. The Morgan fingerprint density at radius 1 is 0.935 bits per heavy atom. The maximum Gasteiger partial charge on any atom is 0.258 e. The fraction of sp³-hybridized carbons (Fsp3) is 0.304. The highest BCUT2D eigenvalue weighted by Gasteiger charge is 2.19. The van der Waals surface area contributed by atoms with E-state index in [-0.39, 0.29) is 5.56 Å². The van der Waals surface area contributed by atoms with Gasteiger partial charge in [-0.1, -0.05) is 48.2 Å². The number of thioether (sulfide) groups is 1. The van der Waals surface area contributed by atoms with Gasteiger partial charge in [-0.2, -0.15) is 0 Å². The van der Waals surface area contributed by atoms with Crippen LogP contribution < -0.4 is 5.56 Å². The zero-order valence-electron chi connectivity index (χ0n) is 17.2. The SMILES string of the molecule is O=c1cc(CSc2nnc(CN3CCCC3)n2Cc2ccccc2)nc2ccccn12. The summed E-state index contributed by atoms with van der Waals surface area (Å²) in [7, 11) is 0. The van der Waals surface area contributed by atoms with Crippen molar-refractivity contribution in [1.29, 1.82) is 0 Å². The van der Waals surface area contributed by atoms with Crippen molar-refractivity contribution >= 4 is 17.4 Å². The van der Waals surface area contributed by atoms with Crippen molar-refractivity contribution in [3.63, 3.8) is 0 Å². The first-order chi connectivity index (χ1) is 15.3. The van der Waals surface area contributed by atoms with Crippen LogP contribution in [0.25, 0.3) is 5.65 Å². The van der Waals surface area contributed by atoms with Gasteiger partial charge in [-0.25, -0.2) is 4.98 Å². The molecular weight excluding hydrogens is 408 g/mol. The maximum atomic E-state index is 12.4. The minimum Gasteiger partial charge on any atom is -0.300 e. The molecule has 1 saturated heterocycles. The Balaban J connectivity index is 1.40. The number of fused-ring (bicyclic) bond motifs is 1. The topological polar surface area (TPSA) is 68.3 Å². The number of nitrogens with zero attached hydrogens (tertiary/aromatic N) is 6. The number of rotatable bonds is 7. The Labute approximate surface area is 184 Å². The number of hydrogen-bond donors (Lipinski definition) is 0. The molecule has 5 rings (SSSR count). The first kappa shape index (κ1) is 20.0.